The molecule has 0 heterocycles. The van der Waals surface area contributed by atoms with Crippen molar-refractivity contribution in [2.75, 3.05) is 13.6 Å². The zero-order valence-corrected chi connectivity index (χ0v) is 12.4. The van der Waals surface area contributed by atoms with E-state index in [2.05, 4.69) is 37.2 Å². The highest BCUT2D eigenvalue weighted by Gasteiger charge is 2.15. The molecule has 0 bridgehead atoms. The summed E-state index contributed by atoms with van der Waals surface area (Å²) in [6.45, 7) is 12.9. The van der Waals surface area contributed by atoms with Crippen LogP contribution in [0.3, 0.4) is 0 Å². The van der Waals surface area contributed by atoms with Crippen LogP contribution in [0.2, 0.25) is 0 Å². The molecule has 0 aliphatic rings. The molecule has 3 nitrogen and oxygen atoms in total. The zero-order valence-electron chi connectivity index (χ0n) is 12.4. The summed E-state index contributed by atoms with van der Waals surface area (Å²) in [5.41, 5.74) is 2.43. The molecule has 0 radical (unpaired) electrons. The second kappa shape index (κ2) is 8.67. The fraction of sp³-hybridized carbons (Fsp3) is 0.600. The van der Waals surface area contributed by atoms with Gasteiger partial charge in [0.05, 0.1) is 5.57 Å². The fourth-order valence-electron chi connectivity index (χ4n) is 1.87. The van der Waals surface area contributed by atoms with Gasteiger partial charge < -0.3 is 4.90 Å². The van der Waals surface area contributed by atoms with Crippen LogP contribution in [0.5, 0.6) is 0 Å². The van der Waals surface area contributed by atoms with Crippen molar-refractivity contribution in [2.45, 2.75) is 40.5 Å². The fourth-order valence-corrected chi connectivity index (χ4v) is 1.87. The number of nitrogens with zero attached hydrogens (tertiary/aromatic N) is 2. The first-order valence-electron chi connectivity index (χ1n) is 6.57. The first-order chi connectivity index (χ1) is 8.47. The Morgan fingerprint density at radius 3 is 2.44 bits per heavy atom. The van der Waals surface area contributed by atoms with Gasteiger partial charge in [-0.25, -0.2) is 0 Å². The average Bonchev–Trinajstić information content (AvgIpc) is 2.33. The van der Waals surface area contributed by atoms with Gasteiger partial charge in [0.1, 0.15) is 0 Å². The Balaban J connectivity index is 5.43. The molecule has 1 atom stereocenters. The number of hydrogen-bond acceptors (Lipinski definition) is 3. The van der Waals surface area contributed by atoms with E-state index in [0.717, 1.165) is 31.4 Å². The summed E-state index contributed by atoms with van der Waals surface area (Å²) in [4.78, 5) is 17.6. The molecule has 1 unspecified atom stereocenters. The van der Waals surface area contributed by atoms with Crippen LogP contribution in [0.25, 0.3) is 0 Å². The Morgan fingerprint density at radius 2 is 2.06 bits per heavy atom. The van der Waals surface area contributed by atoms with Gasteiger partial charge in [0.15, 0.2) is 6.29 Å². The minimum Gasteiger partial charge on any atom is -0.377 e. The zero-order chi connectivity index (χ0) is 14.1. The van der Waals surface area contributed by atoms with Gasteiger partial charge in [-0.15, -0.1) is 0 Å². The standard InChI is InChI=1S/C15H26N2O/c1-7-9-17(6)15(13(5)8-2)14(11-18)10-16-12(3)4/h10-11,13H,3,7-9H2,1-2,4-6H3/b15-14-,16-10?. The van der Waals surface area contributed by atoms with Crippen LogP contribution in [-0.2, 0) is 4.79 Å². The molecule has 0 aliphatic carbocycles. The highest BCUT2D eigenvalue weighted by Crippen LogP contribution is 2.20. The van der Waals surface area contributed by atoms with Gasteiger partial charge in [0.2, 0.25) is 0 Å². The topological polar surface area (TPSA) is 32.7 Å². The van der Waals surface area contributed by atoms with E-state index in [-0.39, 0.29) is 0 Å². The minimum absolute atomic E-state index is 0.346. The van der Waals surface area contributed by atoms with Gasteiger partial charge in [0, 0.05) is 31.2 Å². The summed E-state index contributed by atoms with van der Waals surface area (Å²) in [5, 5.41) is 0. The van der Waals surface area contributed by atoms with Gasteiger partial charge in [-0.05, 0) is 25.7 Å². The summed E-state index contributed by atoms with van der Waals surface area (Å²) in [6, 6.07) is 0. The van der Waals surface area contributed by atoms with Gasteiger partial charge in [-0.2, -0.15) is 0 Å². The highest BCUT2D eigenvalue weighted by molar-refractivity contribution is 6.02. The van der Waals surface area contributed by atoms with Crippen molar-refractivity contribution in [2.24, 2.45) is 10.9 Å². The molecule has 0 saturated heterocycles. The largest absolute Gasteiger partial charge is 0.377 e. The maximum atomic E-state index is 11.3. The van der Waals surface area contributed by atoms with Gasteiger partial charge in [-0.3, -0.25) is 9.79 Å². The van der Waals surface area contributed by atoms with E-state index >= 15 is 0 Å². The first kappa shape index (κ1) is 16.6. The third-order valence-corrected chi connectivity index (χ3v) is 2.90. The van der Waals surface area contributed by atoms with Crippen LogP contribution in [0, 0.1) is 5.92 Å². The maximum Gasteiger partial charge on any atom is 0.153 e. The van der Waals surface area contributed by atoms with Crippen LogP contribution >= 0.6 is 0 Å². The summed E-state index contributed by atoms with van der Waals surface area (Å²) < 4.78 is 0. The van der Waals surface area contributed by atoms with E-state index in [1.54, 1.807) is 6.21 Å². The number of allylic oxidation sites excluding steroid dienone is 3. The van der Waals surface area contributed by atoms with Crippen molar-refractivity contribution in [1.29, 1.82) is 0 Å². The number of carbonyl (C=O) groups excluding carboxylic acids is 1. The summed E-state index contributed by atoms with van der Waals surface area (Å²) in [5.74, 6) is 0.346. The van der Waals surface area contributed by atoms with E-state index in [1.807, 2.05) is 14.0 Å². The molecular formula is C15H26N2O. The van der Waals surface area contributed by atoms with Gasteiger partial charge in [0.25, 0.3) is 0 Å². The van der Waals surface area contributed by atoms with E-state index in [9.17, 15) is 4.79 Å². The Kier molecular flexibility index (Phi) is 8.01. The van der Waals surface area contributed by atoms with E-state index < -0.39 is 0 Å². The van der Waals surface area contributed by atoms with E-state index in [4.69, 9.17) is 0 Å². The monoisotopic (exact) mass is 250 g/mol. The van der Waals surface area contributed by atoms with Crippen LogP contribution in [-0.4, -0.2) is 31.0 Å². The molecule has 0 aromatic rings. The number of carbonyl (C=O) groups is 1. The van der Waals surface area contributed by atoms with Gasteiger partial charge >= 0.3 is 0 Å². The van der Waals surface area contributed by atoms with Crippen molar-refractivity contribution in [1.82, 2.24) is 4.90 Å². The summed E-state index contributed by atoms with van der Waals surface area (Å²) >= 11 is 0. The second-order valence-electron chi connectivity index (χ2n) is 4.68. The molecule has 0 fully saturated rings. The SMILES string of the molecule is C=C(C)N=C/C(C=O)=C(\C(C)CC)N(C)CCC. The summed E-state index contributed by atoms with van der Waals surface area (Å²) in [6.07, 6.45) is 4.57. The molecule has 0 aromatic heterocycles. The van der Waals surface area contributed by atoms with Crippen molar-refractivity contribution in [3.05, 3.63) is 23.5 Å². The predicted molar refractivity (Wildman–Crippen MR) is 78.8 cm³/mol. The van der Waals surface area contributed by atoms with Crippen LogP contribution < -0.4 is 0 Å². The minimum atomic E-state index is 0.346. The molecule has 0 saturated carbocycles. The second-order valence-corrected chi connectivity index (χ2v) is 4.68. The molecule has 18 heavy (non-hydrogen) atoms. The Hall–Kier alpha value is -1.38. The number of rotatable bonds is 8. The first-order valence-corrected chi connectivity index (χ1v) is 6.57. The predicted octanol–water partition coefficient (Wildman–Crippen LogP) is 3.43. The molecule has 102 valence electrons. The maximum absolute atomic E-state index is 11.3. The molecule has 0 spiro atoms. The molecule has 0 amide bonds. The molecular weight excluding hydrogens is 224 g/mol. The smallest absolute Gasteiger partial charge is 0.153 e. The Bertz CT molecular complexity index is 342. The molecule has 0 rings (SSSR count). The lowest BCUT2D eigenvalue weighted by Gasteiger charge is -2.27. The lowest BCUT2D eigenvalue weighted by Crippen LogP contribution is -2.25. The summed E-state index contributed by atoms with van der Waals surface area (Å²) in [7, 11) is 2.03. The molecule has 0 aliphatic heterocycles. The third-order valence-electron chi connectivity index (χ3n) is 2.90. The number of aliphatic imine (C=N–C) groups is 1. The van der Waals surface area contributed by atoms with Crippen molar-refractivity contribution < 1.29 is 4.79 Å². The molecule has 3 heteroatoms. The van der Waals surface area contributed by atoms with Crippen molar-refractivity contribution >= 4 is 12.5 Å². The Morgan fingerprint density at radius 1 is 1.44 bits per heavy atom. The van der Waals surface area contributed by atoms with E-state index in [1.165, 1.54) is 0 Å². The Labute approximate surface area is 111 Å². The lowest BCUT2D eigenvalue weighted by molar-refractivity contribution is -0.104. The van der Waals surface area contributed by atoms with Crippen LogP contribution in [0.4, 0.5) is 0 Å². The molecule has 0 aromatic carbocycles. The normalized spacial score (nSPS) is 14.3. The van der Waals surface area contributed by atoms with Crippen molar-refractivity contribution in [3.8, 4) is 0 Å². The average molecular weight is 250 g/mol. The van der Waals surface area contributed by atoms with Crippen LogP contribution in [0.1, 0.15) is 40.5 Å². The van der Waals surface area contributed by atoms with E-state index in [0.29, 0.717) is 17.2 Å². The van der Waals surface area contributed by atoms with Gasteiger partial charge in [-0.1, -0.05) is 27.4 Å². The number of hydrogen-bond donors (Lipinski definition) is 0. The third kappa shape index (κ3) is 5.30. The quantitative estimate of drug-likeness (QED) is 0.375. The lowest BCUT2D eigenvalue weighted by atomic mass is 9.99. The highest BCUT2D eigenvalue weighted by atomic mass is 16.1. The van der Waals surface area contributed by atoms with Crippen LogP contribution in [0.15, 0.2) is 28.5 Å². The number of aldehydes is 1. The van der Waals surface area contributed by atoms with Crippen molar-refractivity contribution in [3.63, 3.8) is 0 Å². The molecule has 0 N–H and O–H groups in total.